The highest BCUT2D eigenvalue weighted by Gasteiger charge is 2.53. The molecule has 6 heteroatoms. The first kappa shape index (κ1) is 16.7. The predicted molar refractivity (Wildman–Crippen MR) is 66.7 cm³/mol. The fraction of sp³-hybridized carbons (Fsp3) is 1.00. The summed E-state index contributed by atoms with van der Waals surface area (Å²) in [5, 5.41) is 12.1. The Morgan fingerprint density at radius 2 is 1.95 bits per heavy atom. The maximum absolute atomic E-state index is 12.8. The molecule has 0 amide bonds. The van der Waals surface area contributed by atoms with Gasteiger partial charge in [0, 0.05) is 6.04 Å². The molecule has 1 fully saturated rings. The van der Waals surface area contributed by atoms with Crippen molar-refractivity contribution in [3.8, 4) is 0 Å². The third-order valence-electron chi connectivity index (χ3n) is 3.51. The zero-order valence-corrected chi connectivity index (χ0v) is 11.8. The maximum atomic E-state index is 12.8. The minimum absolute atomic E-state index is 0.0272. The summed E-state index contributed by atoms with van der Waals surface area (Å²) in [5.74, 6) is 0. The Kier molecular flexibility index (Phi) is 5.65. The lowest BCUT2D eigenvalue weighted by Gasteiger charge is -2.38. The summed E-state index contributed by atoms with van der Waals surface area (Å²) in [7, 11) is 0. The molecule has 0 aromatic heterocycles. The molecule has 0 aromatic rings. The molecular formula is C13H24F3NO2. The van der Waals surface area contributed by atoms with Crippen molar-refractivity contribution in [1.29, 1.82) is 0 Å². The van der Waals surface area contributed by atoms with Gasteiger partial charge in [-0.1, -0.05) is 6.92 Å². The lowest BCUT2D eigenvalue weighted by atomic mass is 9.91. The lowest BCUT2D eigenvalue weighted by Crippen LogP contribution is -2.60. The van der Waals surface area contributed by atoms with Gasteiger partial charge in [0.15, 0.2) is 0 Å². The molecule has 114 valence electrons. The largest absolute Gasteiger partial charge is 0.430 e. The fourth-order valence-electron chi connectivity index (χ4n) is 2.51. The van der Waals surface area contributed by atoms with Gasteiger partial charge in [0.2, 0.25) is 5.72 Å². The number of aliphatic hydroxyl groups is 1. The third kappa shape index (κ3) is 4.61. The first-order chi connectivity index (χ1) is 8.68. The van der Waals surface area contributed by atoms with Gasteiger partial charge in [0.1, 0.15) is 0 Å². The molecule has 0 aliphatic heterocycles. The SMILES string of the molecule is CCC(O)(NC1CCCC(OC(C)C)C1)C(F)(F)F. The Bertz CT molecular complexity index is 284. The molecule has 19 heavy (non-hydrogen) atoms. The zero-order valence-electron chi connectivity index (χ0n) is 11.8. The monoisotopic (exact) mass is 283 g/mol. The molecular weight excluding hydrogens is 259 g/mol. The molecule has 0 radical (unpaired) electrons. The minimum Gasteiger partial charge on any atom is -0.376 e. The Morgan fingerprint density at radius 3 is 2.42 bits per heavy atom. The summed E-state index contributed by atoms with van der Waals surface area (Å²) in [5.41, 5.74) is -2.79. The van der Waals surface area contributed by atoms with E-state index in [0.717, 1.165) is 12.8 Å². The van der Waals surface area contributed by atoms with E-state index >= 15 is 0 Å². The number of ether oxygens (including phenoxy) is 1. The normalized spacial score (nSPS) is 28.4. The lowest BCUT2D eigenvalue weighted by molar-refractivity contribution is -0.277. The van der Waals surface area contributed by atoms with Gasteiger partial charge >= 0.3 is 6.18 Å². The van der Waals surface area contributed by atoms with Crippen LogP contribution >= 0.6 is 0 Å². The maximum Gasteiger partial charge on any atom is 0.430 e. The van der Waals surface area contributed by atoms with Gasteiger partial charge in [-0.25, -0.2) is 0 Å². The van der Waals surface area contributed by atoms with E-state index in [1.807, 2.05) is 13.8 Å². The smallest absolute Gasteiger partial charge is 0.376 e. The Morgan fingerprint density at radius 1 is 1.32 bits per heavy atom. The number of hydrogen-bond donors (Lipinski definition) is 2. The third-order valence-corrected chi connectivity index (χ3v) is 3.51. The van der Waals surface area contributed by atoms with Crippen LogP contribution in [0.5, 0.6) is 0 Å². The van der Waals surface area contributed by atoms with Crippen molar-refractivity contribution >= 4 is 0 Å². The van der Waals surface area contributed by atoms with Crippen molar-refractivity contribution < 1.29 is 23.0 Å². The molecule has 0 saturated heterocycles. The fourth-order valence-corrected chi connectivity index (χ4v) is 2.51. The second-order valence-corrected chi connectivity index (χ2v) is 5.53. The van der Waals surface area contributed by atoms with Crippen LogP contribution in [0.15, 0.2) is 0 Å². The topological polar surface area (TPSA) is 41.5 Å². The second kappa shape index (κ2) is 6.41. The summed E-state index contributed by atoms with van der Waals surface area (Å²) in [6.45, 7) is 5.15. The first-order valence-corrected chi connectivity index (χ1v) is 6.90. The van der Waals surface area contributed by atoms with E-state index in [1.54, 1.807) is 0 Å². The molecule has 3 atom stereocenters. The van der Waals surface area contributed by atoms with Crippen LogP contribution in [0, 0.1) is 0 Å². The molecule has 0 spiro atoms. The van der Waals surface area contributed by atoms with Gasteiger partial charge in [-0.05, 0) is 46.0 Å². The van der Waals surface area contributed by atoms with E-state index in [9.17, 15) is 18.3 Å². The van der Waals surface area contributed by atoms with Crippen LogP contribution in [-0.2, 0) is 4.74 Å². The average Bonchev–Trinajstić information content (AvgIpc) is 2.26. The summed E-state index contributed by atoms with van der Waals surface area (Å²) in [6, 6.07) is -0.357. The first-order valence-electron chi connectivity index (χ1n) is 6.90. The van der Waals surface area contributed by atoms with Gasteiger partial charge in [0.05, 0.1) is 12.2 Å². The summed E-state index contributed by atoms with van der Waals surface area (Å²) in [4.78, 5) is 0. The van der Waals surface area contributed by atoms with Crippen molar-refractivity contribution in [2.24, 2.45) is 0 Å². The van der Waals surface area contributed by atoms with Crippen molar-refractivity contribution in [2.45, 2.75) is 83.0 Å². The number of halogens is 3. The van der Waals surface area contributed by atoms with Crippen LogP contribution < -0.4 is 5.32 Å². The van der Waals surface area contributed by atoms with Crippen molar-refractivity contribution in [3.05, 3.63) is 0 Å². The Hall–Kier alpha value is -0.330. The van der Waals surface area contributed by atoms with E-state index in [2.05, 4.69) is 5.32 Å². The molecule has 1 aliphatic carbocycles. The molecule has 3 unspecified atom stereocenters. The summed E-state index contributed by atoms with van der Waals surface area (Å²) >= 11 is 0. The van der Waals surface area contributed by atoms with Crippen molar-refractivity contribution in [1.82, 2.24) is 5.32 Å². The van der Waals surface area contributed by atoms with Gasteiger partial charge in [-0.2, -0.15) is 13.2 Å². The van der Waals surface area contributed by atoms with Crippen molar-refractivity contribution in [2.75, 3.05) is 0 Å². The number of hydrogen-bond acceptors (Lipinski definition) is 3. The molecule has 1 saturated carbocycles. The Balaban J connectivity index is 2.60. The highest BCUT2D eigenvalue weighted by molar-refractivity contribution is 4.89. The zero-order chi connectivity index (χ0) is 14.7. The number of rotatable bonds is 5. The summed E-state index contributed by atoms with van der Waals surface area (Å²) in [6.07, 6.45) is -2.19. The van der Waals surface area contributed by atoms with Crippen LogP contribution in [0.2, 0.25) is 0 Å². The molecule has 0 aromatic carbocycles. The molecule has 0 heterocycles. The van der Waals surface area contributed by atoms with E-state index in [4.69, 9.17) is 4.74 Å². The summed E-state index contributed by atoms with van der Waals surface area (Å²) < 4.78 is 44.1. The highest BCUT2D eigenvalue weighted by atomic mass is 19.4. The number of alkyl halides is 3. The molecule has 3 nitrogen and oxygen atoms in total. The Labute approximate surface area is 112 Å². The van der Waals surface area contributed by atoms with E-state index in [-0.39, 0.29) is 18.2 Å². The predicted octanol–water partition coefficient (Wildman–Crippen LogP) is 2.97. The van der Waals surface area contributed by atoms with Crippen LogP contribution in [0.3, 0.4) is 0 Å². The standard InChI is InChI=1S/C13H24F3NO2/c1-4-12(18,13(14,15)16)17-10-6-5-7-11(8-10)19-9(2)3/h9-11,17-18H,4-8H2,1-3H3. The van der Waals surface area contributed by atoms with Gasteiger partial charge in [-0.15, -0.1) is 0 Å². The van der Waals surface area contributed by atoms with Crippen molar-refractivity contribution in [3.63, 3.8) is 0 Å². The molecule has 2 N–H and O–H groups in total. The van der Waals surface area contributed by atoms with Gasteiger partial charge < -0.3 is 9.84 Å². The average molecular weight is 283 g/mol. The van der Waals surface area contributed by atoms with Gasteiger partial charge in [0.25, 0.3) is 0 Å². The second-order valence-electron chi connectivity index (χ2n) is 5.53. The molecule has 1 rings (SSSR count). The quantitative estimate of drug-likeness (QED) is 0.762. The number of nitrogens with one attached hydrogen (secondary N) is 1. The van der Waals surface area contributed by atoms with Gasteiger partial charge in [-0.3, -0.25) is 5.32 Å². The van der Waals surface area contributed by atoms with E-state index in [0.29, 0.717) is 12.8 Å². The van der Waals surface area contributed by atoms with E-state index in [1.165, 1.54) is 6.92 Å². The van der Waals surface area contributed by atoms with Crippen LogP contribution in [-0.4, -0.2) is 35.3 Å². The molecule has 0 bridgehead atoms. The van der Waals surface area contributed by atoms with Crippen LogP contribution in [0.1, 0.15) is 52.9 Å². The van der Waals surface area contributed by atoms with E-state index < -0.39 is 18.3 Å². The van der Waals surface area contributed by atoms with Crippen LogP contribution in [0.25, 0.3) is 0 Å². The molecule has 1 aliphatic rings. The highest BCUT2D eigenvalue weighted by Crippen LogP contribution is 2.33. The minimum atomic E-state index is -4.66. The van der Waals surface area contributed by atoms with Crippen LogP contribution in [0.4, 0.5) is 13.2 Å².